The van der Waals surface area contributed by atoms with Gasteiger partial charge in [-0.15, -0.1) is 0 Å². The first-order chi connectivity index (χ1) is 8.72. The summed E-state index contributed by atoms with van der Waals surface area (Å²) in [4.78, 5) is 17.8. The van der Waals surface area contributed by atoms with Crippen molar-refractivity contribution in [1.82, 2.24) is 4.98 Å². The fourth-order valence-electron chi connectivity index (χ4n) is 2.40. The quantitative estimate of drug-likeness (QED) is 0.820. The van der Waals surface area contributed by atoms with Crippen LogP contribution in [0.3, 0.4) is 0 Å². The van der Waals surface area contributed by atoms with Crippen LogP contribution in [0.4, 0.5) is 5.82 Å². The van der Waals surface area contributed by atoms with E-state index in [0.29, 0.717) is 31.3 Å². The molecule has 1 aliphatic rings. The minimum atomic E-state index is 0.380. The summed E-state index contributed by atoms with van der Waals surface area (Å²) < 4.78 is 5.60. The van der Waals surface area contributed by atoms with Gasteiger partial charge in [-0.3, -0.25) is 4.79 Å². The van der Waals surface area contributed by atoms with Crippen molar-refractivity contribution < 1.29 is 9.53 Å². The number of aromatic nitrogens is 1. The lowest BCUT2D eigenvalue weighted by Crippen LogP contribution is -2.36. The summed E-state index contributed by atoms with van der Waals surface area (Å²) in [6.07, 6.45) is 4.98. The van der Waals surface area contributed by atoms with Gasteiger partial charge in [0.15, 0.2) is 11.6 Å². The lowest BCUT2D eigenvalue weighted by Gasteiger charge is -2.32. The fourth-order valence-corrected chi connectivity index (χ4v) is 2.40. The van der Waals surface area contributed by atoms with Crippen molar-refractivity contribution in [2.75, 3.05) is 18.6 Å². The number of pyridine rings is 1. The average Bonchev–Trinajstić information content (AvgIpc) is 2.40. The number of ketones is 1. The third kappa shape index (κ3) is 2.81. The van der Waals surface area contributed by atoms with E-state index < -0.39 is 0 Å². The standard InChI is InChI=1S/C14H20N2O2/c1-3-18-13-5-4-10-15-14(13)16(2)11-6-8-12(17)9-7-11/h4-5,10-11H,3,6-9H2,1-2H3. The number of nitrogens with zero attached hydrogens (tertiary/aromatic N) is 2. The average molecular weight is 248 g/mol. The van der Waals surface area contributed by atoms with E-state index in [1.54, 1.807) is 6.20 Å². The summed E-state index contributed by atoms with van der Waals surface area (Å²) in [5.74, 6) is 2.07. The Labute approximate surface area is 108 Å². The molecular weight excluding hydrogens is 228 g/mol. The number of rotatable bonds is 4. The van der Waals surface area contributed by atoms with E-state index in [-0.39, 0.29) is 0 Å². The first-order valence-electron chi connectivity index (χ1n) is 6.54. The molecule has 1 heterocycles. The Bertz CT molecular complexity index is 410. The van der Waals surface area contributed by atoms with E-state index in [2.05, 4.69) is 9.88 Å². The molecule has 1 fully saturated rings. The molecule has 0 saturated heterocycles. The Kier molecular flexibility index (Phi) is 4.18. The van der Waals surface area contributed by atoms with Crippen LogP contribution < -0.4 is 9.64 Å². The summed E-state index contributed by atoms with van der Waals surface area (Å²) in [7, 11) is 2.03. The van der Waals surface area contributed by atoms with Gasteiger partial charge in [0.25, 0.3) is 0 Å². The number of hydrogen-bond donors (Lipinski definition) is 0. The van der Waals surface area contributed by atoms with Gasteiger partial charge in [0, 0.05) is 32.1 Å². The molecule has 0 unspecified atom stereocenters. The van der Waals surface area contributed by atoms with Crippen molar-refractivity contribution in [1.29, 1.82) is 0 Å². The molecule has 0 amide bonds. The minimum absolute atomic E-state index is 0.380. The third-order valence-electron chi connectivity index (χ3n) is 3.45. The molecule has 0 spiro atoms. The number of anilines is 1. The van der Waals surface area contributed by atoms with Crippen LogP contribution in [0.5, 0.6) is 5.75 Å². The number of carbonyl (C=O) groups excluding carboxylic acids is 1. The normalized spacial score (nSPS) is 16.7. The Morgan fingerprint density at radius 2 is 2.17 bits per heavy atom. The van der Waals surface area contributed by atoms with Crippen LogP contribution in [0.2, 0.25) is 0 Å². The molecule has 0 aliphatic heterocycles. The Morgan fingerprint density at radius 3 is 2.83 bits per heavy atom. The molecule has 1 aliphatic carbocycles. The van der Waals surface area contributed by atoms with Crippen molar-refractivity contribution in [3.05, 3.63) is 18.3 Å². The third-order valence-corrected chi connectivity index (χ3v) is 3.45. The monoisotopic (exact) mass is 248 g/mol. The molecule has 0 N–H and O–H groups in total. The van der Waals surface area contributed by atoms with Crippen molar-refractivity contribution in [2.24, 2.45) is 0 Å². The maximum Gasteiger partial charge on any atom is 0.171 e. The van der Waals surface area contributed by atoms with Crippen LogP contribution >= 0.6 is 0 Å². The van der Waals surface area contributed by atoms with E-state index in [1.807, 2.05) is 26.1 Å². The molecule has 18 heavy (non-hydrogen) atoms. The lowest BCUT2D eigenvalue weighted by molar-refractivity contribution is -0.120. The number of ether oxygens (including phenoxy) is 1. The largest absolute Gasteiger partial charge is 0.490 e. The summed E-state index contributed by atoms with van der Waals surface area (Å²) in [5, 5.41) is 0. The van der Waals surface area contributed by atoms with Crippen LogP contribution in [0.1, 0.15) is 32.6 Å². The molecule has 4 heteroatoms. The second-order valence-corrected chi connectivity index (χ2v) is 4.64. The molecule has 1 aromatic rings. The molecule has 0 atom stereocenters. The summed E-state index contributed by atoms with van der Waals surface area (Å²) in [6.45, 7) is 2.60. The van der Waals surface area contributed by atoms with E-state index in [9.17, 15) is 4.79 Å². The van der Waals surface area contributed by atoms with Crippen molar-refractivity contribution in [2.45, 2.75) is 38.6 Å². The van der Waals surface area contributed by atoms with E-state index in [1.165, 1.54) is 0 Å². The maximum absolute atomic E-state index is 11.3. The van der Waals surface area contributed by atoms with Crippen LogP contribution in [0, 0.1) is 0 Å². The molecule has 1 aromatic heterocycles. The van der Waals surface area contributed by atoms with Crippen LogP contribution in [-0.2, 0) is 4.79 Å². The van der Waals surface area contributed by atoms with Crippen LogP contribution in [0.15, 0.2) is 18.3 Å². The van der Waals surface area contributed by atoms with Crippen LogP contribution in [-0.4, -0.2) is 30.5 Å². The first-order valence-corrected chi connectivity index (χ1v) is 6.54. The Balaban J connectivity index is 2.12. The van der Waals surface area contributed by atoms with Gasteiger partial charge in [-0.1, -0.05) is 0 Å². The highest BCUT2D eigenvalue weighted by molar-refractivity contribution is 5.79. The first kappa shape index (κ1) is 12.9. The van der Waals surface area contributed by atoms with Gasteiger partial charge in [-0.25, -0.2) is 4.98 Å². The minimum Gasteiger partial charge on any atom is -0.490 e. The molecule has 98 valence electrons. The zero-order valence-corrected chi connectivity index (χ0v) is 11.1. The SMILES string of the molecule is CCOc1cccnc1N(C)C1CCC(=O)CC1. The maximum atomic E-state index is 11.3. The van der Waals surface area contributed by atoms with Gasteiger partial charge in [0.1, 0.15) is 5.78 Å². The molecule has 1 saturated carbocycles. The molecule has 0 radical (unpaired) electrons. The highest BCUT2D eigenvalue weighted by Gasteiger charge is 2.24. The number of Topliss-reactive ketones (excluding diaryl/α,β-unsaturated/α-hetero) is 1. The summed E-state index contributed by atoms with van der Waals surface area (Å²) >= 11 is 0. The molecule has 4 nitrogen and oxygen atoms in total. The number of carbonyl (C=O) groups is 1. The van der Waals surface area contributed by atoms with Crippen molar-refractivity contribution >= 4 is 11.6 Å². The zero-order chi connectivity index (χ0) is 13.0. The Morgan fingerprint density at radius 1 is 1.44 bits per heavy atom. The van der Waals surface area contributed by atoms with Gasteiger partial charge < -0.3 is 9.64 Å². The van der Waals surface area contributed by atoms with E-state index >= 15 is 0 Å². The van der Waals surface area contributed by atoms with Crippen LogP contribution in [0.25, 0.3) is 0 Å². The van der Waals surface area contributed by atoms with E-state index in [4.69, 9.17) is 4.74 Å². The van der Waals surface area contributed by atoms with Gasteiger partial charge in [-0.05, 0) is 31.9 Å². The Hall–Kier alpha value is -1.58. The molecular formula is C14H20N2O2. The van der Waals surface area contributed by atoms with Gasteiger partial charge in [0.05, 0.1) is 6.61 Å². The molecule has 2 rings (SSSR count). The molecule has 0 aromatic carbocycles. The fraction of sp³-hybridized carbons (Fsp3) is 0.571. The second kappa shape index (κ2) is 5.85. The highest BCUT2D eigenvalue weighted by Crippen LogP contribution is 2.29. The summed E-state index contributed by atoms with van der Waals surface area (Å²) in [5.41, 5.74) is 0. The highest BCUT2D eigenvalue weighted by atomic mass is 16.5. The topological polar surface area (TPSA) is 42.4 Å². The van der Waals surface area contributed by atoms with Gasteiger partial charge in [-0.2, -0.15) is 0 Å². The summed E-state index contributed by atoms with van der Waals surface area (Å²) in [6, 6.07) is 4.21. The smallest absolute Gasteiger partial charge is 0.171 e. The zero-order valence-electron chi connectivity index (χ0n) is 11.1. The van der Waals surface area contributed by atoms with Crippen molar-refractivity contribution in [3.8, 4) is 5.75 Å². The predicted molar refractivity (Wildman–Crippen MR) is 71.1 cm³/mol. The number of hydrogen-bond acceptors (Lipinski definition) is 4. The molecule has 0 bridgehead atoms. The second-order valence-electron chi connectivity index (χ2n) is 4.64. The van der Waals surface area contributed by atoms with Gasteiger partial charge in [0.2, 0.25) is 0 Å². The lowest BCUT2D eigenvalue weighted by atomic mass is 9.93. The van der Waals surface area contributed by atoms with Gasteiger partial charge >= 0.3 is 0 Å². The van der Waals surface area contributed by atoms with Crippen molar-refractivity contribution in [3.63, 3.8) is 0 Å². The van der Waals surface area contributed by atoms with E-state index in [0.717, 1.165) is 24.4 Å². The predicted octanol–water partition coefficient (Wildman–Crippen LogP) is 2.43.